The SMILES string of the molecule is C[C@H](NC(=O)N(CCN)c1nc2ccccc2s1)c1ccccc1. The Labute approximate surface area is 145 Å². The number of nitrogens with zero attached hydrogens (tertiary/aromatic N) is 2. The van der Waals surface area contributed by atoms with Crippen molar-refractivity contribution in [2.24, 2.45) is 5.73 Å². The maximum Gasteiger partial charge on any atom is 0.324 e. The van der Waals surface area contributed by atoms with Crippen molar-refractivity contribution in [3.05, 3.63) is 60.2 Å². The number of nitrogens with two attached hydrogens (primary N) is 1. The first-order valence-electron chi connectivity index (χ1n) is 7.87. The molecule has 0 fully saturated rings. The van der Waals surface area contributed by atoms with E-state index >= 15 is 0 Å². The van der Waals surface area contributed by atoms with Crippen molar-refractivity contribution in [2.45, 2.75) is 13.0 Å². The number of benzene rings is 2. The number of carbonyl (C=O) groups is 1. The Morgan fingerprint density at radius 3 is 2.62 bits per heavy atom. The van der Waals surface area contributed by atoms with Gasteiger partial charge in [0.15, 0.2) is 5.13 Å². The molecule has 0 spiro atoms. The van der Waals surface area contributed by atoms with Crippen LogP contribution in [0.2, 0.25) is 0 Å². The lowest BCUT2D eigenvalue weighted by atomic mass is 10.1. The molecule has 0 aliphatic heterocycles. The van der Waals surface area contributed by atoms with Crippen molar-refractivity contribution >= 4 is 32.7 Å². The lowest BCUT2D eigenvalue weighted by molar-refractivity contribution is 0.243. The molecule has 0 radical (unpaired) electrons. The third kappa shape index (κ3) is 3.55. The van der Waals surface area contributed by atoms with Gasteiger partial charge >= 0.3 is 6.03 Å². The second-order valence-corrected chi connectivity index (χ2v) is 6.50. The number of aromatic nitrogens is 1. The summed E-state index contributed by atoms with van der Waals surface area (Å²) in [5.41, 5.74) is 7.65. The Balaban J connectivity index is 1.80. The Kier molecular flexibility index (Phi) is 5.08. The van der Waals surface area contributed by atoms with E-state index in [2.05, 4.69) is 10.3 Å². The zero-order valence-electron chi connectivity index (χ0n) is 13.5. The number of rotatable bonds is 5. The van der Waals surface area contributed by atoms with Crippen molar-refractivity contribution in [1.29, 1.82) is 0 Å². The topological polar surface area (TPSA) is 71.2 Å². The lowest BCUT2D eigenvalue weighted by Gasteiger charge is -2.22. The van der Waals surface area contributed by atoms with E-state index in [1.54, 1.807) is 4.90 Å². The molecule has 3 aromatic rings. The standard InChI is InChI=1S/C18H20N4OS/c1-13(14-7-3-2-4-8-14)20-17(23)22(12-11-19)18-21-15-9-5-6-10-16(15)24-18/h2-10,13H,11-12,19H2,1H3,(H,20,23)/t13-/m0/s1. The second kappa shape index (κ2) is 7.42. The Bertz CT molecular complexity index is 785. The fraction of sp³-hybridized carbons (Fsp3) is 0.222. The molecule has 3 N–H and O–H groups in total. The first-order valence-corrected chi connectivity index (χ1v) is 8.69. The van der Waals surface area contributed by atoms with Gasteiger partial charge in [0, 0.05) is 13.1 Å². The molecule has 0 saturated carbocycles. The zero-order valence-corrected chi connectivity index (χ0v) is 14.3. The van der Waals surface area contributed by atoms with E-state index in [0.29, 0.717) is 18.2 Å². The van der Waals surface area contributed by atoms with E-state index in [4.69, 9.17) is 5.73 Å². The fourth-order valence-electron chi connectivity index (χ4n) is 2.48. The van der Waals surface area contributed by atoms with Crippen molar-refractivity contribution < 1.29 is 4.79 Å². The molecule has 1 aromatic heterocycles. The highest BCUT2D eigenvalue weighted by molar-refractivity contribution is 7.22. The number of hydrogen-bond donors (Lipinski definition) is 2. The van der Waals surface area contributed by atoms with Gasteiger partial charge in [0.2, 0.25) is 0 Å². The summed E-state index contributed by atoms with van der Waals surface area (Å²) < 4.78 is 1.05. The number of urea groups is 1. The number of thiazole rings is 1. The molecule has 2 amide bonds. The van der Waals surface area contributed by atoms with Gasteiger partial charge in [-0.05, 0) is 24.6 Å². The average Bonchev–Trinajstić information content (AvgIpc) is 3.03. The van der Waals surface area contributed by atoms with Gasteiger partial charge < -0.3 is 11.1 Å². The third-order valence-corrected chi connectivity index (χ3v) is 4.81. The van der Waals surface area contributed by atoms with Crippen LogP contribution in [-0.2, 0) is 0 Å². The zero-order chi connectivity index (χ0) is 16.9. The van der Waals surface area contributed by atoms with Gasteiger partial charge in [0.05, 0.1) is 16.3 Å². The fourth-order valence-corrected chi connectivity index (χ4v) is 3.47. The molecule has 124 valence electrons. The van der Waals surface area contributed by atoms with Crippen LogP contribution in [0.25, 0.3) is 10.2 Å². The van der Waals surface area contributed by atoms with Crippen LogP contribution < -0.4 is 16.0 Å². The minimum absolute atomic E-state index is 0.0895. The van der Waals surface area contributed by atoms with Crippen LogP contribution in [0.15, 0.2) is 54.6 Å². The van der Waals surface area contributed by atoms with Crippen LogP contribution in [0.4, 0.5) is 9.93 Å². The summed E-state index contributed by atoms with van der Waals surface area (Å²) in [6, 6.07) is 17.5. The molecule has 6 heteroatoms. The van der Waals surface area contributed by atoms with Crippen LogP contribution in [0.3, 0.4) is 0 Å². The second-order valence-electron chi connectivity index (χ2n) is 5.49. The molecule has 5 nitrogen and oxygen atoms in total. The number of carbonyl (C=O) groups excluding carboxylic acids is 1. The highest BCUT2D eigenvalue weighted by atomic mass is 32.1. The van der Waals surface area contributed by atoms with E-state index in [-0.39, 0.29) is 12.1 Å². The summed E-state index contributed by atoms with van der Waals surface area (Å²) in [6.45, 7) is 2.77. The van der Waals surface area contributed by atoms with E-state index in [1.807, 2.05) is 61.5 Å². The van der Waals surface area contributed by atoms with Crippen molar-refractivity contribution in [3.63, 3.8) is 0 Å². The van der Waals surface area contributed by atoms with Crippen LogP contribution in [-0.4, -0.2) is 24.1 Å². The van der Waals surface area contributed by atoms with Gasteiger partial charge in [0.25, 0.3) is 0 Å². The Morgan fingerprint density at radius 1 is 1.21 bits per heavy atom. The highest BCUT2D eigenvalue weighted by Gasteiger charge is 2.20. The quantitative estimate of drug-likeness (QED) is 0.746. The van der Waals surface area contributed by atoms with E-state index in [9.17, 15) is 4.79 Å². The molecule has 1 atom stereocenters. The number of hydrogen-bond acceptors (Lipinski definition) is 4. The maximum atomic E-state index is 12.7. The largest absolute Gasteiger partial charge is 0.331 e. The minimum atomic E-state index is -0.184. The van der Waals surface area contributed by atoms with Crippen LogP contribution >= 0.6 is 11.3 Å². The Hall–Kier alpha value is -2.44. The van der Waals surface area contributed by atoms with Gasteiger partial charge in [-0.1, -0.05) is 53.8 Å². The van der Waals surface area contributed by atoms with Gasteiger partial charge in [-0.2, -0.15) is 0 Å². The summed E-state index contributed by atoms with van der Waals surface area (Å²) in [6.07, 6.45) is 0. The van der Waals surface area contributed by atoms with E-state index in [1.165, 1.54) is 11.3 Å². The summed E-state index contributed by atoms with van der Waals surface area (Å²) in [5.74, 6) is 0. The van der Waals surface area contributed by atoms with Gasteiger partial charge in [-0.15, -0.1) is 0 Å². The molecule has 3 rings (SSSR count). The lowest BCUT2D eigenvalue weighted by Crippen LogP contribution is -2.43. The van der Waals surface area contributed by atoms with Crippen molar-refractivity contribution in [1.82, 2.24) is 10.3 Å². The Morgan fingerprint density at radius 2 is 1.92 bits per heavy atom. The van der Waals surface area contributed by atoms with Crippen molar-refractivity contribution in [2.75, 3.05) is 18.0 Å². The molecule has 0 aliphatic rings. The molecule has 0 aliphatic carbocycles. The predicted octanol–water partition coefficient (Wildman–Crippen LogP) is 3.53. The molecule has 0 bridgehead atoms. The van der Waals surface area contributed by atoms with Crippen LogP contribution in [0.1, 0.15) is 18.5 Å². The average molecular weight is 340 g/mol. The maximum absolute atomic E-state index is 12.7. The van der Waals surface area contributed by atoms with Crippen LogP contribution in [0, 0.1) is 0 Å². The molecule has 24 heavy (non-hydrogen) atoms. The summed E-state index contributed by atoms with van der Waals surface area (Å²) in [4.78, 5) is 18.9. The van der Waals surface area contributed by atoms with Crippen LogP contribution in [0.5, 0.6) is 0 Å². The van der Waals surface area contributed by atoms with Crippen molar-refractivity contribution in [3.8, 4) is 0 Å². The first kappa shape index (κ1) is 16.4. The predicted molar refractivity (Wildman–Crippen MR) is 99.4 cm³/mol. The van der Waals surface area contributed by atoms with Gasteiger partial charge in [-0.3, -0.25) is 4.90 Å². The monoisotopic (exact) mass is 340 g/mol. The molecule has 0 saturated heterocycles. The normalized spacial score (nSPS) is 12.1. The number of fused-ring (bicyclic) bond motifs is 1. The molecular formula is C18H20N4OS. The van der Waals surface area contributed by atoms with E-state index in [0.717, 1.165) is 15.8 Å². The number of nitrogens with one attached hydrogen (secondary N) is 1. The minimum Gasteiger partial charge on any atom is -0.331 e. The molecule has 2 aromatic carbocycles. The molecule has 1 heterocycles. The number of anilines is 1. The van der Waals surface area contributed by atoms with Gasteiger partial charge in [0.1, 0.15) is 0 Å². The number of amides is 2. The van der Waals surface area contributed by atoms with E-state index < -0.39 is 0 Å². The summed E-state index contributed by atoms with van der Waals surface area (Å²) in [5, 5.41) is 3.69. The first-order chi connectivity index (χ1) is 11.7. The summed E-state index contributed by atoms with van der Waals surface area (Å²) in [7, 11) is 0. The molecular weight excluding hydrogens is 320 g/mol. The van der Waals surface area contributed by atoms with Gasteiger partial charge in [-0.25, -0.2) is 9.78 Å². The molecule has 0 unspecified atom stereocenters. The highest BCUT2D eigenvalue weighted by Crippen LogP contribution is 2.28. The number of para-hydroxylation sites is 1. The summed E-state index contributed by atoms with van der Waals surface area (Å²) >= 11 is 1.49. The smallest absolute Gasteiger partial charge is 0.324 e. The third-order valence-electron chi connectivity index (χ3n) is 3.75.